The molecule has 15 heavy (non-hydrogen) atoms. The van der Waals surface area contributed by atoms with E-state index in [9.17, 15) is 4.79 Å². The molecule has 0 aliphatic carbocycles. The molecule has 1 amide bonds. The molecule has 1 aromatic rings. The zero-order valence-electron chi connectivity index (χ0n) is 9.49. The van der Waals surface area contributed by atoms with Crippen LogP contribution in [0.5, 0.6) is 0 Å². The van der Waals surface area contributed by atoms with E-state index in [-0.39, 0.29) is 11.8 Å². The largest absolute Gasteiger partial charge is 0.369 e. The number of amides is 1. The normalized spacial score (nSPS) is 12.4. The molecule has 0 saturated carbocycles. The first-order chi connectivity index (χ1) is 7.19. The first-order valence-electron chi connectivity index (χ1n) is 5.57. The fraction of sp³-hybridized carbons (Fsp3) is 0.462. The van der Waals surface area contributed by atoms with E-state index in [0.29, 0.717) is 0 Å². The van der Waals surface area contributed by atoms with Crippen molar-refractivity contribution in [2.75, 3.05) is 0 Å². The van der Waals surface area contributed by atoms with Gasteiger partial charge in [0.05, 0.1) is 5.92 Å². The van der Waals surface area contributed by atoms with Crippen LogP contribution in [0, 0.1) is 0 Å². The fourth-order valence-corrected chi connectivity index (χ4v) is 1.81. The Hall–Kier alpha value is -1.31. The number of carbonyl (C=O) groups is 1. The molecule has 1 rings (SSSR count). The first kappa shape index (κ1) is 11.8. The number of hydrogen-bond acceptors (Lipinski definition) is 1. The van der Waals surface area contributed by atoms with Gasteiger partial charge < -0.3 is 5.73 Å². The molecular formula is C13H19NO. The molecule has 2 N–H and O–H groups in total. The topological polar surface area (TPSA) is 43.1 Å². The van der Waals surface area contributed by atoms with E-state index in [1.807, 2.05) is 19.1 Å². The van der Waals surface area contributed by atoms with E-state index < -0.39 is 0 Å². The summed E-state index contributed by atoms with van der Waals surface area (Å²) in [4.78, 5) is 11.2. The Labute approximate surface area is 91.5 Å². The van der Waals surface area contributed by atoms with Gasteiger partial charge in [0.15, 0.2) is 0 Å². The minimum Gasteiger partial charge on any atom is -0.369 e. The van der Waals surface area contributed by atoms with Gasteiger partial charge in [0, 0.05) is 0 Å². The molecule has 0 aliphatic heterocycles. The van der Waals surface area contributed by atoms with Crippen LogP contribution in [0.3, 0.4) is 0 Å². The Kier molecular flexibility index (Phi) is 4.35. The van der Waals surface area contributed by atoms with Crippen molar-refractivity contribution in [2.45, 2.75) is 39.0 Å². The van der Waals surface area contributed by atoms with Crippen molar-refractivity contribution >= 4 is 5.91 Å². The van der Waals surface area contributed by atoms with Gasteiger partial charge in [-0.2, -0.15) is 0 Å². The predicted molar refractivity (Wildman–Crippen MR) is 62.7 cm³/mol. The summed E-state index contributed by atoms with van der Waals surface area (Å²) in [6.07, 6.45) is 3.00. The van der Waals surface area contributed by atoms with Crippen molar-refractivity contribution in [3.8, 4) is 0 Å². The predicted octanol–water partition coefficient (Wildman–Crippen LogP) is 2.62. The van der Waals surface area contributed by atoms with Crippen LogP contribution in [-0.4, -0.2) is 5.91 Å². The zero-order valence-corrected chi connectivity index (χ0v) is 9.49. The highest BCUT2D eigenvalue weighted by Crippen LogP contribution is 2.19. The summed E-state index contributed by atoms with van der Waals surface area (Å²) in [6, 6.07) is 8.21. The van der Waals surface area contributed by atoms with Gasteiger partial charge in [-0.25, -0.2) is 0 Å². The monoisotopic (exact) mass is 205 g/mol. The summed E-state index contributed by atoms with van der Waals surface area (Å²) in [5.74, 6) is -0.374. The lowest BCUT2D eigenvalue weighted by molar-refractivity contribution is -0.119. The van der Waals surface area contributed by atoms with Crippen molar-refractivity contribution in [3.63, 3.8) is 0 Å². The lowest BCUT2D eigenvalue weighted by Crippen LogP contribution is -2.20. The highest BCUT2D eigenvalue weighted by molar-refractivity contribution is 5.81. The van der Waals surface area contributed by atoms with Gasteiger partial charge in [0.1, 0.15) is 0 Å². The Balaban J connectivity index is 2.82. The summed E-state index contributed by atoms with van der Waals surface area (Å²) in [6.45, 7) is 4.14. The van der Waals surface area contributed by atoms with Crippen LogP contribution in [0.25, 0.3) is 0 Å². The van der Waals surface area contributed by atoms with E-state index >= 15 is 0 Å². The molecule has 1 aromatic carbocycles. The van der Waals surface area contributed by atoms with Gasteiger partial charge in [0.2, 0.25) is 5.91 Å². The third kappa shape index (κ3) is 3.08. The molecule has 0 saturated heterocycles. The van der Waals surface area contributed by atoms with Crippen LogP contribution in [0.15, 0.2) is 24.3 Å². The standard InChI is InChI=1S/C13H19NO/c1-3-5-10-6-8-11(9-7-10)12(4-2)13(14)15/h6-9,12H,3-5H2,1-2H3,(H2,14,15). The van der Waals surface area contributed by atoms with Gasteiger partial charge in [-0.1, -0.05) is 44.5 Å². The average Bonchev–Trinajstić information content (AvgIpc) is 2.21. The van der Waals surface area contributed by atoms with Crippen LogP contribution < -0.4 is 5.73 Å². The second-order valence-corrected chi connectivity index (χ2v) is 3.85. The molecule has 82 valence electrons. The molecule has 0 aliphatic rings. The smallest absolute Gasteiger partial charge is 0.224 e. The van der Waals surface area contributed by atoms with Crippen LogP contribution in [0.1, 0.15) is 43.7 Å². The highest BCUT2D eigenvalue weighted by Gasteiger charge is 2.14. The molecule has 2 nitrogen and oxygen atoms in total. The molecule has 1 unspecified atom stereocenters. The quantitative estimate of drug-likeness (QED) is 0.789. The first-order valence-corrected chi connectivity index (χ1v) is 5.57. The number of carbonyl (C=O) groups excluding carboxylic acids is 1. The lowest BCUT2D eigenvalue weighted by atomic mass is 9.94. The second kappa shape index (κ2) is 5.54. The van der Waals surface area contributed by atoms with E-state index in [1.54, 1.807) is 0 Å². The summed E-state index contributed by atoms with van der Waals surface area (Å²) < 4.78 is 0. The van der Waals surface area contributed by atoms with Crippen molar-refractivity contribution < 1.29 is 4.79 Å². The molecule has 0 spiro atoms. The molecule has 2 heteroatoms. The average molecular weight is 205 g/mol. The number of rotatable bonds is 5. The van der Waals surface area contributed by atoms with Gasteiger partial charge >= 0.3 is 0 Å². The number of aryl methyl sites for hydroxylation is 1. The van der Waals surface area contributed by atoms with Crippen molar-refractivity contribution in [2.24, 2.45) is 5.73 Å². The Morgan fingerprint density at radius 1 is 1.27 bits per heavy atom. The van der Waals surface area contributed by atoms with Crippen molar-refractivity contribution in [3.05, 3.63) is 35.4 Å². The van der Waals surface area contributed by atoms with Gasteiger partial charge in [-0.05, 0) is 24.0 Å². The summed E-state index contributed by atoms with van der Waals surface area (Å²) in [7, 11) is 0. The molecular weight excluding hydrogens is 186 g/mol. The van der Waals surface area contributed by atoms with E-state index in [0.717, 1.165) is 24.8 Å². The second-order valence-electron chi connectivity index (χ2n) is 3.85. The van der Waals surface area contributed by atoms with Crippen LogP contribution in [0.2, 0.25) is 0 Å². The Bertz CT molecular complexity index is 316. The van der Waals surface area contributed by atoms with Gasteiger partial charge in [0.25, 0.3) is 0 Å². The van der Waals surface area contributed by atoms with Crippen LogP contribution in [0.4, 0.5) is 0 Å². The van der Waals surface area contributed by atoms with Crippen molar-refractivity contribution in [1.29, 1.82) is 0 Å². The van der Waals surface area contributed by atoms with Crippen LogP contribution >= 0.6 is 0 Å². The van der Waals surface area contributed by atoms with E-state index in [2.05, 4.69) is 19.1 Å². The van der Waals surface area contributed by atoms with Gasteiger partial charge in [-0.3, -0.25) is 4.79 Å². The van der Waals surface area contributed by atoms with Crippen LogP contribution in [-0.2, 0) is 11.2 Å². The van der Waals surface area contributed by atoms with Gasteiger partial charge in [-0.15, -0.1) is 0 Å². The maximum Gasteiger partial charge on any atom is 0.224 e. The maximum absolute atomic E-state index is 11.2. The number of primary amides is 1. The molecule has 0 radical (unpaired) electrons. The third-order valence-corrected chi connectivity index (χ3v) is 2.67. The number of benzene rings is 1. The number of hydrogen-bond donors (Lipinski definition) is 1. The van der Waals surface area contributed by atoms with Crippen molar-refractivity contribution in [1.82, 2.24) is 0 Å². The fourth-order valence-electron chi connectivity index (χ4n) is 1.81. The molecule has 0 aromatic heterocycles. The maximum atomic E-state index is 11.2. The molecule has 1 atom stereocenters. The molecule has 0 heterocycles. The number of nitrogens with two attached hydrogens (primary N) is 1. The third-order valence-electron chi connectivity index (χ3n) is 2.67. The molecule has 0 bridgehead atoms. The van der Waals surface area contributed by atoms with E-state index in [1.165, 1.54) is 5.56 Å². The Morgan fingerprint density at radius 2 is 1.87 bits per heavy atom. The van der Waals surface area contributed by atoms with E-state index in [4.69, 9.17) is 5.73 Å². The highest BCUT2D eigenvalue weighted by atomic mass is 16.1. The summed E-state index contributed by atoms with van der Waals surface area (Å²) in [5.41, 5.74) is 7.69. The molecule has 0 fully saturated rings. The minimum absolute atomic E-state index is 0.138. The Morgan fingerprint density at radius 3 is 2.27 bits per heavy atom. The SMILES string of the molecule is CCCc1ccc(C(CC)C(N)=O)cc1. The lowest BCUT2D eigenvalue weighted by Gasteiger charge is -2.11. The minimum atomic E-state index is -0.235. The zero-order chi connectivity index (χ0) is 11.3. The summed E-state index contributed by atoms with van der Waals surface area (Å²) >= 11 is 0. The summed E-state index contributed by atoms with van der Waals surface area (Å²) in [5, 5.41) is 0.